The zero-order valence-corrected chi connectivity index (χ0v) is 23.1. The van der Waals surface area contributed by atoms with E-state index in [4.69, 9.17) is 16.3 Å². The molecule has 0 spiro atoms. The van der Waals surface area contributed by atoms with Gasteiger partial charge in [0.15, 0.2) is 0 Å². The summed E-state index contributed by atoms with van der Waals surface area (Å²) in [7, 11) is 0. The van der Waals surface area contributed by atoms with E-state index in [9.17, 15) is 9.59 Å². The lowest BCUT2D eigenvalue weighted by Crippen LogP contribution is -2.46. The average Bonchev–Trinajstić information content (AvgIpc) is 3.19. The Kier molecular flexibility index (Phi) is 8.51. The van der Waals surface area contributed by atoms with Crippen molar-refractivity contribution in [1.29, 1.82) is 0 Å². The summed E-state index contributed by atoms with van der Waals surface area (Å²) in [6.45, 7) is 9.09. The molecule has 0 radical (unpaired) electrons. The predicted octanol–water partition coefficient (Wildman–Crippen LogP) is 4.35. The number of benzene rings is 1. The van der Waals surface area contributed by atoms with E-state index in [2.05, 4.69) is 22.0 Å². The lowest BCUT2D eigenvalue weighted by atomic mass is 9.93. The summed E-state index contributed by atoms with van der Waals surface area (Å²) in [6.07, 6.45) is 7.12. The van der Waals surface area contributed by atoms with Crippen molar-refractivity contribution < 1.29 is 9.53 Å². The Hall–Kier alpha value is -2.68. The molecule has 38 heavy (non-hydrogen) atoms. The first-order valence-electron chi connectivity index (χ1n) is 13.8. The highest BCUT2D eigenvalue weighted by atomic mass is 35.5. The smallest absolute Gasteiger partial charge is 0.329 e. The molecular formula is C29H38ClN5O3. The standard InChI is InChI=1S/C29H38ClN5O3/c1-21(2)38-18-17-34-27-19-24(30)3-4-26(27)35(29(34)37)25-9-15-33(16-10-25)28(36)23-7-13-32(14-8-23)20-22-5-11-31-12-6-22/h3-6,11-12,19,21,23,25H,7-10,13-18,20H2,1-2H3. The van der Waals surface area contributed by atoms with Gasteiger partial charge in [-0.3, -0.25) is 23.8 Å². The number of hydrogen-bond acceptors (Lipinski definition) is 5. The Morgan fingerprint density at radius 1 is 1.03 bits per heavy atom. The van der Waals surface area contributed by atoms with Crippen LogP contribution >= 0.6 is 11.6 Å². The fourth-order valence-corrected chi connectivity index (χ4v) is 6.05. The van der Waals surface area contributed by atoms with Crippen molar-refractivity contribution in [2.75, 3.05) is 32.8 Å². The van der Waals surface area contributed by atoms with Crippen molar-refractivity contribution >= 4 is 28.5 Å². The number of hydrogen-bond donors (Lipinski definition) is 0. The second-order valence-electron chi connectivity index (χ2n) is 10.8. The van der Waals surface area contributed by atoms with Crippen LogP contribution in [-0.4, -0.2) is 68.7 Å². The van der Waals surface area contributed by atoms with Crippen LogP contribution in [0.2, 0.25) is 5.02 Å². The number of aromatic nitrogens is 3. The van der Waals surface area contributed by atoms with Gasteiger partial charge in [-0.15, -0.1) is 0 Å². The van der Waals surface area contributed by atoms with Gasteiger partial charge in [-0.1, -0.05) is 11.6 Å². The fraction of sp³-hybridized carbons (Fsp3) is 0.552. The molecule has 2 aliphatic rings. The molecule has 2 aliphatic heterocycles. The van der Waals surface area contributed by atoms with E-state index in [0.29, 0.717) is 31.3 Å². The number of ether oxygens (including phenoxy) is 1. The van der Waals surface area contributed by atoms with E-state index in [1.807, 2.05) is 53.9 Å². The predicted molar refractivity (Wildman–Crippen MR) is 149 cm³/mol. The van der Waals surface area contributed by atoms with Gasteiger partial charge >= 0.3 is 5.69 Å². The third kappa shape index (κ3) is 5.98. The molecule has 5 rings (SSSR count). The molecule has 4 heterocycles. The number of piperidine rings is 2. The van der Waals surface area contributed by atoms with Gasteiger partial charge in [0.2, 0.25) is 5.91 Å². The number of likely N-dealkylation sites (tertiary alicyclic amines) is 2. The SMILES string of the molecule is CC(C)OCCn1c(=O)n(C2CCN(C(=O)C3CCN(Cc4ccncc4)CC3)CC2)c2ccc(Cl)cc21. The molecule has 0 aliphatic carbocycles. The fourth-order valence-electron chi connectivity index (χ4n) is 5.89. The number of amides is 1. The molecule has 3 aromatic rings. The lowest BCUT2D eigenvalue weighted by molar-refractivity contribution is -0.138. The maximum absolute atomic E-state index is 13.5. The van der Waals surface area contributed by atoms with Crippen molar-refractivity contribution in [3.8, 4) is 0 Å². The zero-order valence-electron chi connectivity index (χ0n) is 22.4. The molecule has 2 saturated heterocycles. The number of rotatable bonds is 8. The molecular weight excluding hydrogens is 502 g/mol. The Bertz CT molecular complexity index is 1290. The molecule has 1 aromatic carbocycles. The molecule has 0 bridgehead atoms. The molecule has 8 nitrogen and oxygen atoms in total. The van der Waals surface area contributed by atoms with Crippen LogP contribution in [0.3, 0.4) is 0 Å². The highest BCUT2D eigenvalue weighted by Gasteiger charge is 2.32. The minimum Gasteiger partial charge on any atom is -0.377 e. The first kappa shape index (κ1) is 26.9. The maximum atomic E-state index is 13.5. The summed E-state index contributed by atoms with van der Waals surface area (Å²) in [5.74, 6) is 0.368. The van der Waals surface area contributed by atoms with E-state index in [1.54, 1.807) is 4.57 Å². The van der Waals surface area contributed by atoms with Crippen molar-refractivity contribution in [3.05, 3.63) is 63.8 Å². The van der Waals surface area contributed by atoms with Crippen LogP contribution in [0.1, 0.15) is 51.1 Å². The minimum absolute atomic E-state index is 0.0269. The summed E-state index contributed by atoms with van der Waals surface area (Å²) in [4.78, 5) is 35.4. The summed E-state index contributed by atoms with van der Waals surface area (Å²) in [6, 6.07) is 9.81. The van der Waals surface area contributed by atoms with E-state index in [-0.39, 0.29) is 29.7 Å². The van der Waals surface area contributed by atoms with Crippen LogP contribution in [0.15, 0.2) is 47.5 Å². The Balaban J connectivity index is 1.20. The first-order valence-corrected chi connectivity index (χ1v) is 14.2. The van der Waals surface area contributed by atoms with Crippen molar-refractivity contribution in [3.63, 3.8) is 0 Å². The average molecular weight is 540 g/mol. The number of fused-ring (bicyclic) bond motifs is 1. The molecule has 0 atom stereocenters. The van der Waals surface area contributed by atoms with Crippen molar-refractivity contribution in [2.45, 2.75) is 64.8 Å². The highest BCUT2D eigenvalue weighted by Crippen LogP contribution is 2.29. The molecule has 9 heteroatoms. The third-order valence-electron chi connectivity index (χ3n) is 7.92. The molecule has 2 aromatic heterocycles. The number of carbonyl (C=O) groups excluding carboxylic acids is 1. The number of pyridine rings is 1. The topological polar surface area (TPSA) is 72.6 Å². The number of imidazole rings is 1. The van der Waals surface area contributed by atoms with Crippen LogP contribution in [0.4, 0.5) is 0 Å². The highest BCUT2D eigenvalue weighted by molar-refractivity contribution is 6.31. The second-order valence-corrected chi connectivity index (χ2v) is 11.3. The quantitative estimate of drug-likeness (QED) is 0.425. The molecule has 0 N–H and O–H groups in total. The van der Waals surface area contributed by atoms with E-state index >= 15 is 0 Å². The molecule has 0 saturated carbocycles. The van der Waals surface area contributed by atoms with Gasteiger partial charge < -0.3 is 9.64 Å². The van der Waals surface area contributed by atoms with Gasteiger partial charge in [-0.25, -0.2) is 4.79 Å². The van der Waals surface area contributed by atoms with Crippen LogP contribution in [0, 0.1) is 5.92 Å². The number of carbonyl (C=O) groups is 1. The molecule has 0 unspecified atom stereocenters. The normalized spacial score (nSPS) is 18.1. The van der Waals surface area contributed by atoms with Crippen molar-refractivity contribution in [1.82, 2.24) is 23.9 Å². The summed E-state index contributed by atoms with van der Waals surface area (Å²) >= 11 is 6.29. The van der Waals surface area contributed by atoms with Gasteiger partial charge in [0.05, 0.1) is 30.3 Å². The van der Waals surface area contributed by atoms with Gasteiger partial charge in [-0.2, -0.15) is 0 Å². The Labute approximate surface area is 229 Å². The summed E-state index contributed by atoms with van der Waals surface area (Å²) in [5, 5.41) is 0.611. The van der Waals surface area contributed by atoms with Crippen LogP contribution in [0.25, 0.3) is 11.0 Å². The number of nitrogens with zero attached hydrogens (tertiary/aromatic N) is 5. The van der Waals surface area contributed by atoms with E-state index < -0.39 is 0 Å². The zero-order chi connectivity index (χ0) is 26.6. The van der Waals surface area contributed by atoms with Crippen molar-refractivity contribution in [2.24, 2.45) is 5.92 Å². The van der Waals surface area contributed by atoms with E-state index in [0.717, 1.165) is 56.4 Å². The van der Waals surface area contributed by atoms with Crippen LogP contribution in [0.5, 0.6) is 0 Å². The van der Waals surface area contributed by atoms with Gasteiger partial charge in [0, 0.05) is 49.0 Å². The van der Waals surface area contributed by atoms with Gasteiger partial charge in [0.1, 0.15) is 0 Å². The van der Waals surface area contributed by atoms with Crippen LogP contribution < -0.4 is 5.69 Å². The number of halogens is 1. The Morgan fingerprint density at radius 2 is 1.74 bits per heavy atom. The van der Waals surface area contributed by atoms with Crippen LogP contribution in [-0.2, 0) is 22.6 Å². The maximum Gasteiger partial charge on any atom is 0.329 e. The third-order valence-corrected chi connectivity index (χ3v) is 8.16. The summed E-state index contributed by atoms with van der Waals surface area (Å²) in [5.41, 5.74) is 2.97. The molecule has 1 amide bonds. The van der Waals surface area contributed by atoms with E-state index in [1.165, 1.54) is 5.56 Å². The minimum atomic E-state index is -0.0269. The lowest BCUT2D eigenvalue weighted by Gasteiger charge is -2.37. The molecule has 204 valence electrons. The van der Waals surface area contributed by atoms with Gasteiger partial charge in [-0.05, 0) is 88.5 Å². The monoisotopic (exact) mass is 539 g/mol. The summed E-state index contributed by atoms with van der Waals surface area (Å²) < 4.78 is 9.41. The first-order chi connectivity index (χ1) is 18.4. The largest absolute Gasteiger partial charge is 0.377 e. The Morgan fingerprint density at radius 3 is 2.42 bits per heavy atom. The second kappa shape index (κ2) is 12.0. The molecule has 2 fully saturated rings. The van der Waals surface area contributed by atoms with Gasteiger partial charge in [0.25, 0.3) is 0 Å².